The van der Waals surface area contributed by atoms with Gasteiger partial charge in [-0.1, -0.05) is 11.3 Å². The lowest BCUT2D eigenvalue weighted by molar-refractivity contribution is -0.385. The first-order valence-corrected chi connectivity index (χ1v) is 6.06. The van der Waals surface area contributed by atoms with Crippen molar-refractivity contribution in [2.24, 2.45) is 0 Å². The van der Waals surface area contributed by atoms with E-state index in [9.17, 15) is 14.5 Å². The molecule has 8 heteroatoms. The molecule has 0 spiro atoms. The molecule has 2 rings (SSSR count). The van der Waals surface area contributed by atoms with E-state index in [0.717, 1.165) is 10.9 Å². The summed E-state index contributed by atoms with van der Waals surface area (Å²) in [6, 6.07) is 2.16. The topological polar surface area (TPSA) is 91.3 Å². The van der Waals surface area contributed by atoms with E-state index in [2.05, 4.69) is 4.98 Å². The molecule has 0 bridgehead atoms. The minimum Gasteiger partial charge on any atom is -0.485 e. The van der Waals surface area contributed by atoms with Crippen LogP contribution >= 0.6 is 11.3 Å². The standard InChI is InChI=1S/C11H10FN3O3S/c1-6-2-10(8(12)3-9(6)15(16)17)18-5-7-4-14-11(13)19-7/h2-4H,5H2,1H3,(H2,13,14). The van der Waals surface area contributed by atoms with Crippen LogP contribution in [0.15, 0.2) is 18.3 Å². The number of nitro groups is 1. The third-order valence-corrected chi connectivity index (χ3v) is 3.19. The van der Waals surface area contributed by atoms with E-state index in [4.69, 9.17) is 10.5 Å². The summed E-state index contributed by atoms with van der Waals surface area (Å²) in [5.74, 6) is -0.801. The van der Waals surface area contributed by atoms with Crippen LogP contribution in [0.5, 0.6) is 5.75 Å². The zero-order chi connectivity index (χ0) is 14.0. The molecule has 0 aliphatic carbocycles. The highest BCUT2D eigenvalue weighted by atomic mass is 32.1. The maximum atomic E-state index is 13.6. The van der Waals surface area contributed by atoms with Gasteiger partial charge in [0.1, 0.15) is 6.61 Å². The van der Waals surface area contributed by atoms with Crippen LogP contribution in [0.2, 0.25) is 0 Å². The zero-order valence-electron chi connectivity index (χ0n) is 9.92. The fourth-order valence-electron chi connectivity index (χ4n) is 1.49. The lowest BCUT2D eigenvalue weighted by atomic mass is 10.2. The van der Waals surface area contributed by atoms with Gasteiger partial charge in [-0.2, -0.15) is 0 Å². The Kier molecular flexibility index (Phi) is 3.61. The highest BCUT2D eigenvalue weighted by molar-refractivity contribution is 7.15. The van der Waals surface area contributed by atoms with Crippen molar-refractivity contribution in [3.63, 3.8) is 0 Å². The molecule has 6 nitrogen and oxygen atoms in total. The number of hydrogen-bond donors (Lipinski definition) is 1. The van der Waals surface area contributed by atoms with E-state index < -0.39 is 10.7 Å². The fourth-order valence-corrected chi connectivity index (χ4v) is 2.09. The van der Waals surface area contributed by atoms with Gasteiger partial charge in [0.05, 0.1) is 15.9 Å². The molecule has 0 fully saturated rings. The number of nitrogen functional groups attached to an aromatic ring is 1. The molecule has 2 N–H and O–H groups in total. The summed E-state index contributed by atoms with van der Waals surface area (Å²) < 4.78 is 18.9. The minimum atomic E-state index is -0.769. The average molecular weight is 283 g/mol. The first-order chi connectivity index (χ1) is 8.97. The highest BCUT2D eigenvalue weighted by Crippen LogP contribution is 2.28. The summed E-state index contributed by atoms with van der Waals surface area (Å²) in [5, 5.41) is 11.0. The second kappa shape index (κ2) is 5.19. The molecule has 2 aromatic rings. The molecule has 19 heavy (non-hydrogen) atoms. The molecule has 0 radical (unpaired) electrons. The van der Waals surface area contributed by atoms with Crippen molar-refractivity contribution in [1.29, 1.82) is 0 Å². The number of rotatable bonds is 4. The minimum absolute atomic E-state index is 0.0323. The van der Waals surface area contributed by atoms with Crippen molar-refractivity contribution in [2.45, 2.75) is 13.5 Å². The monoisotopic (exact) mass is 283 g/mol. The fraction of sp³-hybridized carbons (Fsp3) is 0.182. The SMILES string of the molecule is Cc1cc(OCc2cnc(N)s2)c(F)cc1[N+](=O)[O-]. The molecule has 0 unspecified atom stereocenters. The van der Waals surface area contributed by atoms with Crippen molar-refractivity contribution >= 4 is 22.2 Å². The first-order valence-electron chi connectivity index (χ1n) is 5.25. The van der Waals surface area contributed by atoms with Crippen LogP contribution < -0.4 is 10.5 Å². The zero-order valence-corrected chi connectivity index (χ0v) is 10.7. The van der Waals surface area contributed by atoms with Gasteiger partial charge in [0.25, 0.3) is 5.69 Å². The molecule has 0 saturated heterocycles. The van der Waals surface area contributed by atoms with Gasteiger partial charge in [0, 0.05) is 11.8 Å². The Balaban J connectivity index is 2.17. The maximum absolute atomic E-state index is 13.6. The molecular weight excluding hydrogens is 273 g/mol. The second-order valence-electron chi connectivity index (χ2n) is 3.78. The van der Waals surface area contributed by atoms with Crippen molar-refractivity contribution < 1.29 is 14.1 Å². The number of halogens is 1. The van der Waals surface area contributed by atoms with E-state index in [1.54, 1.807) is 0 Å². The van der Waals surface area contributed by atoms with Gasteiger partial charge in [0.2, 0.25) is 0 Å². The molecule has 0 aliphatic rings. The normalized spacial score (nSPS) is 10.4. The summed E-state index contributed by atoms with van der Waals surface area (Å²) in [7, 11) is 0. The lowest BCUT2D eigenvalue weighted by Crippen LogP contribution is -1.99. The molecule has 0 amide bonds. The molecule has 100 valence electrons. The third-order valence-electron chi connectivity index (χ3n) is 2.39. The van der Waals surface area contributed by atoms with E-state index in [1.165, 1.54) is 30.5 Å². The van der Waals surface area contributed by atoms with Gasteiger partial charge >= 0.3 is 0 Å². The maximum Gasteiger partial charge on any atom is 0.275 e. The summed E-state index contributed by atoms with van der Waals surface area (Å²) in [6.45, 7) is 1.64. The van der Waals surface area contributed by atoms with Crippen LogP contribution in [-0.4, -0.2) is 9.91 Å². The van der Waals surface area contributed by atoms with Crippen molar-refractivity contribution in [2.75, 3.05) is 5.73 Å². The van der Waals surface area contributed by atoms with Crippen LogP contribution in [-0.2, 0) is 6.61 Å². The van der Waals surface area contributed by atoms with Gasteiger partial charge < -0.3 is 10.5 Å². The summed E-state index contributed by atoms with van der Waals surface area (Å²) in [6.07, 6.45) is 1.54. The first kappa shape index (κ1) is 13.2. The predicted molar refractivity (Wildman–Crippen MR) is 68.6 cm³/mol. The van der Waals surface area contributed by atoms with Crippen LogP contribution in [0.25, 0.3) is 0 Å². The van der Waals surface area contributed by atoms with Crippen LogP contribution in [0.1, 0.15) is 10.4 Å². The average Bonchev–Trinajstić information content (AvgIpc) is 2.75. The molecule has 0 aliphatic heterocycles. The number of aryl methyl sites for hydroxylation is 1. The van der Waals surface area contributed by atoms with Crippen molar-refractivity contribution in [3.8, 4) is 5.75 Å². The lowest BCUT2D eigenvalue weighted by Gasteiger charge is -2.07. The van der Waals surface area contributed by atoms with E-state index in [0.29, 0.717) is 10.7 Å². The molecular formula is C11H10FN3O3S. The second-order valence-corrected chi connectivity index (χ2v) is 4.93. The Hall–Kier alpha value is -2.22. The van der Waals surface area contributed by atoms with Crippen LogP contribution in [0, 0.1) is 22.9 Å². The Morgan fingerprint density at radius 3 is 2.89 bits per heavy atom. The van der Waals surface area contributed by atoms with Crippen molar-refractivity contribution in [1.82, 2.24) is 4.98 Å². The number of ether oxygens (including phenoxy) is 1. The molecule has 0 atom stereocenters. The Morgan fingerprint density at radius 1 is 1.58 bits per heavy atom. The third kappa shape index (κ3) is 2.97. The van der Waals surface area contributed by atoms with Crippen LogP contribution in [0.4, 0.5) is 15.2 Å². The van der Waals surface area contributed by atoms with Crippen LogP contribution in [0.3, 0.4) is 0 Å². The molecule has 1 heterocycles. The van der Waals surface area contributed by atoms with E-state index in [1.807, 2.05) is 0 Å². The smallest absolute Gasteiger partial charge is 0.275 e. The van der Waals surface area contributed by atoms with Gasteiger partial charge in [-0.3, -0.25) is 10.1 Å². The van der Waals surface area contributed by atoms with E-state index >= 15 is 0 Å². The number of anilines is 1. The van der Waals surface area contributed by atoms with Crippen molar-refractivity contribution in [3.05, 3.63) is 44.7 Å². The number of hydrogen-bond acceptors (Lipinski definition) is 6. The number of aromatic nitrogens is 1. The summed E-state index contributed by atoms with van der Waals surface area (Å²) >= 11 is 1.24. The Labute approximate surface area is 111 Å². The van der Waals surface area contributed by atoms with Gasteiger partial charge in [-0.15, -0.1) is 0 Å². The van der Waals surface area contributed by atoms with Gasteiger partial charge in [0.15, 0.2) is 16.7 Å². The number of nitrogens with two attached hydrogens (primary N) is 1. The number of nitro benzene ring substituents is 1. The number of nitrogens with zero attached hydrogens (tertiary/aromatic N) is 2. The molecule has 1 aromatic carbocycles. The highest BCUT2D eigenvalue weighted by Gasteiger charge is 2.16. The van der Waals surface area contributed by atoms with E-state index in [-0.39, 0.29) is 18.0 Å². The summed E-state index contributed by atoms with van der Waals surface area (Å²) in [5.41, 5.74) is 5.52. The van der Waals surface area contributed by atoms with Gasteiger partial charge in [-0.05, 0) is 13.0 Å². The number of thiazole rings is 1. The number of benzene rings is 1. The Bertz CT molecular complexity index is 630. The quantitative estimate of drug-likeness (QED) is 0.688. The molecule has 0 saturated carbocycles. The largest absolute Gasteiger partial charge is 0.485 e. The Morgan fingerprint density at radius 2 is 2.32 bits per heavy atom. The van der Waals surface area contributed by atoms with Gasteiger partial charge in [-0.25, -0.2) is 9.37 Å². The molecule has 1 aromatic heterocycles. The summed E-state index contributed by atoms with van der Waals surface area (Å²) in [4.78, 5) is 14.6. The predicted octanol–water partition coefficient (Wildman–Crippen LogP) is 2.66.